The van der Waals surface area contributed by atoms with E-state index in [2.05, 4.69) is 15.3 Å². The molecule has 0 atom stereocenters. The summed E-state index contributed by atoms with van der Waals surface area (Å²) in [4.78, 5) is 3.75. The van der Waals surface area contributed by atoms with Crippen LogP contribution in [-0.4, -0.2) is 20.0 Å². The standard InChI is InChI=1S/C7H6F2N4S/c1-13-2-4(11-12-13)5-3-14-7(10-5)6(8)9/h2-3,6H,1H3. The van der Waals surface area contributed by atoms with Gasteiger partial charge in [0.2, 0.25) is 0 Å². The lowest BCUT2D eigenvalue weighted by Crippen LogP contribution is -1.85. The zero-order chi connectivity index (χ0) is 10.1. The Labute approximate surface area is 82.2 Å². The highest BCUT2D eigenvalue weighted by atomic mass is 32.1. The van der Waals surface area contributed by atoms with Crippen LogP contribution in [0.1, 0.15) is 11.4 Å². The SMILES string of the molecule is Cn1cc(-c2csc(C(F)F)n2)nn1. The summed E-state index contributed by atoms with van der Waals surface area (Å²) >= 11 is 0.924. The minimum absolute atomic E-state index is 0.189. The molecular weight excluding hydrogens is 210 g/mol. The monoisotopic (exact) mass is 216 g/mol. The predicted molar refractivity (Wildman–Crippen MR) is 47.1 cm³/mol. The Morgan fingerprint density at radius 3 is 2.71 bits per heavy atom. The second-order valence-corrected chi connectivity index (χ2v) is 3.54. The number of alkyl halides is 2. The molecule has 2 rings (SSSR count). The van der Waals surface area contributed by atoms with Crippen LogP contribution in [0.25, 0.3) is 11.4 Å². The van der Waals surface area contributed by atoms with Crippen LogP contribution in [0.4, 0.5) is 8.78 Å². The molecule has 0 spiro atoms. The van der Waals surface area contributed by atoms with Gasteiger partial charge in [0, 0.05) is 12.4 Å². The molecule has 7 heteroatoms. The fraction of sp³-hybridized carbons (Fsp3) is 0.286. The molecule has 2 heterocycles. The molecule has 0 saturated carbocycles. The van der Waals surface area contributed by atoms with E-state index in [1.807, 2.05) is 0 Å². The van der Waals surface area contributed by atoms with Crippen molar-refractivity contribution in [2.45, 2.75) is 6.43 Å². The average molecular weight is 216 g/mol. The van der Waals surface area contributed by atoms with Gasteiger partial charge in [0.25, 0.3) is 6.43 Å². The van der Waals surface area contributed by atoms with Crippen LogP contribution in [-0.2, 0) is 7.05 Å². The van der Waals surface area contributed by atoms with Crippen molar-refractivity contribution in [3.8, 4) is 11.4 Å². The highest BCUT2D eigenvalue weighted by Gasteiger charge is 2.14. The molecule has 0 aliphatic carbocycles. The number of hydrogen-bond acceptors (Lipinski definition) is 4. The number of thiazole rings is 1. The number of hydrogen-bond donors (Lipinski definition) is 0. The van der Waals surface area contributed by atoms with Crippen LogP contribution in [0, 0.1) is 0 Å². The molecule has 74 valence electrons. The maximum Gasteiger partial charge on any atom is 0.289 e. The maximum atomic E-state index is 12.2. The van der Waals surface area contributed by atoms with E-state index in [9.17, 15) is 8.78 Å². The van der Waals surface area contributed by atoms with Gasteiger partial charge >= 0.3 is 0 Å². The van der Waals surface area contributed by atoms with Crippen molar-refractivity contribution in [1.82, 2.24) is 20.0 Å². The van der Waals surface area contributed by atoms with E-state index in [1.165, 1.54) is 4.68 Å². The van der Waals surface area contributed by atoms with Crippen LogP contribution in [0.15, 0.2) is 11.6 Å². The van der Waals surface area contributed by atoms with Crippen molar-refractivity contribution < 1.29 is 8.78 Å². The molecule has 4 nitrogen and oxygen atoms in total. The molecule has 0 saturated heterocycles. The Morgan fingerprint density at radius 2 is 2.21 bits per heavy atom. The molecule has 0 bridgehead atoms. The van der Waals surface area contributed by atoms with Gasteiger partial charge in [-0.05, 0) is 0 Å². The van der Waals surface area contributed by atoms with Crippen molar-refractivity contribution in [2.24, 2.45) is 7.05 Å². The number of aryl methyl sites for hydroxylation is 1. The third-order valence-electron chi connectivity index (χ3n) is 1.57. The van der Waals surface area contributed by atoms with Gasteiger partial charge in [0.15, 0.2) is 5.01 Å². The molecule has 0 amide bonds. The van der Waals surface area contributed by atoms with Gasteiger partial charge in [-0.25, -0.2) is 13.8 Å². The summed E-state index contributed by atoms with van der Waals surface area (Å²) in [7, 11) is 1.71. The molecule has 0 unspecified atom stereocenters. The highest BCUT2D eigenvalue weighted by Crippen LogP contribution is 2.26. The van der Waals surface area contributed by atoms with E-state index in [0.29, 0.717) is 11.4 Å². The lowest BCUT2D eigenvalue weighted by molar-refractivity contribution is 0.151. The van der Waals surface area contributed by atoms with Crippen LogP contribution in [0.2, 0.25) is 0 Å². The first-order valence-electron chi connectivity index (χ1n) is 3.77. The van der Waals surface area contributed by atoms with Crippen molar-refractivity contribution in [3.05, 3.63) is 16.6 Å². The summed E-state index contributed by atoms with van der Waals surface area (Å²) in [6, 6.07) is 0. The zero-order valence-corrected chi connectivity index (χ0v) is 8.00. The third-order valence-corrected chi connectivity index (χ3v) is 2.43. The van der Waals surface area contributed by atoms with Gasteiger partial charge in [-0.15, -0.1) is 16.4 Å². The number of halogens is 2. The summed E-state index contributed by atoms with van der Waals surface area (Å²) < 4.78 is 25.9. The molecule has 0 aliphatic heterocycles. The van der Waals surface area contributed by atoms with Crippen LogP contribution >= 0.6 is 11.3 Å². The first-order chi connectivity index (χ1) is 6.66. The van der Waals surface area contributed by atoms with Crippen molar-refractivity contribution in [3.63, 3.8) is 0 Å². The Hall–Kier alpha value is -1.37. The Bertz CT molecular complexity index is 436. The van der Waals surface area contributed by atoms with Gasteiger partial charge in [-0.3, -0.25) is 4.68 Å². The molecule has 0 N–H and O–H groups in total. The summed E-state index contributed by atoms with van der Waals surface area (Å²) in [6.45, 7) is 0. The van der Waals surface area contributed by atoms with Gasteiger partial charge in [0.05, 0.1) is 6.20 Å². The second-order valence-electron chi connectivity index (χ2n) is 2.65. The van der Waals surface area contributed by atoms with E-state index in [-0.39, 0.29) is 5.01 Å². The number of aromatic nitrogens is 4. The Balaban J connectivity index is 2.33. The molecule has 2 aromatic rings. The first kappa shape index (κ1) is 9.20. The minimum atomic E-state index is -2.52. The third kappa shape index (κ3) is 1.63. The molecule has 14 heavy (non-hydrogen) atoms. The van der Waals surface area contributed by atoms with Gasteiger partial charge in [-0.2, -0.15) is 0 Å². The molecule has 2 aromatic heterocycles. The molecule has 0 aliphatic rings. The normalized spacial score (nSPS) is 11.1. The largest absolute Gasteiger partial charge is 0.289 e. The van der Waals surface area contributed by atoms with Gasteiger partial charge < -0.3 is 0 Å². The number of nitrogens with zero attached hydrogens (tertiary/aromatic N) is 4. The second kappa shape index (κ2) is 3.41. The zero-order valence-electron chi connectivity index (χ0n) is 7.19. The fourth-order valence-electron chi connectivity index (χ4n) is 0.970. The van der Waals surface area contributed by atoms with Gasteiger partial charge in [0.1, 0.15) is 11.4 Å². The van der Waals surface area contributed by atoms with Crippen LogP contribution in [0.3, 0.4) is 0 Å². The smallest absolute Gasteiger partial charge is 0.255 e. The topological polar surface area (TPSA) is 43.6 Å². The number of rotatable bonds is 2. The predicted octanol–water partition coefficient (Wildman–Crippen LogP) is 1.88. The molecule has 0 fully saturated rings. The minimum Gasteiger partial charge on any atom is -0.255 e. The summed E-state index contributed by atoms with van der Waals surface area (Å²) in [5.41, 5.74) is 0.953. The Kier molecular flexibility index (Phi) is 2.24. The molecule has 0 aromatic carbocycles. The van der Waals surface area contributed by atoms with Crippen molar-refractivity contribution >= 4 is 11.3 Å². The lowest BCUT2D eigenvalue weighted by atomic mass is 10.4. The van der Waals surface area contributed by atoms with Gasteiger partial charge in [-0.1, -0.05) is 5.21 Å². The van der Waals surface area contributed by atoms with Crippen molar-refractivity contribution in [2.75, 3.05) is 0 Å². The van der Waals surface area contributed by atoms with Crippen LogP contribution < -0.4 is 0 Å². The first-order valence-corrected chi connectivity index (χ1v) is 4.65. The van der Waals surface area contributed by atoms with E-state index < -0.39 is 6.43 Å². The summed E-state index contributed by atoms with van der Waals surface area (Å²) in [5.74, 6) is 0. The Morgan fingerprint density at radius 1 is 1.43 bits per heavy atom. The van der Waals surface area contributed by atoms with E-state index in [4.69, 9.17) is 0 Å². The van der Waals surface area contributed by atoms with E-state index >= 15 is 0 Å². The van der Waals surface area contributed by atoms with Crippen molar-refractivity contribution in [1.29, 1.82) is 0 Å². The summed E-state index contributed by atoms with van der Waals surface area (Å²) in [5, 5.41) is 8.82. The van der Waals surface area contributed by atoms with Crippen LogP contribution in [0.5, 0.6) is 0 Å². The average Bonchev–Trinajstić information content (AvgIpc) is 2.70. The maximum absolute atomic E-state index is 12.2. The molecule has 0 radical (unpaired) electrons. The molecular formula is C7H6F2N4S. The fourth-order valence-corrected chi connectivity index (χ4v) is 1.63. The van der Waals surface area contributed by atoms with E-state index in [1.54, 1.807) is 18.6 Å². The quantitative estimate of drug-likeness (QED) is 0.769. The highest BCUT2D eigenvalue weighted by molar-refractivity contribution is 7.10. The van der Waals surface area contributed by atoms with E-state index in [0.717, 1.165) is 11.3 Å². The lowest BCUT2D eigenvalue weighted by Gasteiger charge is -1.88. The summed E-state index contributed by atoms with van der Waals surface area (Å²) in [6.07, 6.45) is -0.893.